The second-order valence-corrected chi connectivity index (χ2v) is 11.6. The van der Waals surface area contributed by atoms with E-state index in [1.54, 1.807) is 0 Å². The molecular formula is C35H68O4. The number of ether oxygens (including phenoxy) is 2. The van der Waals surface area contributed by atoms with Crippen molar-refractivity contribution >= 4 is 5.97 Å². The smallest absolute Gasteiger partial charge is 0.306 e. The summed E-state index contributed by atoms with van der Waals surface area (Å²) in [6, 6.07) is 0. The highest BCUT2D eigenvalue weighted by Gasteiger charge is 2.13. The monoisotopic (exact) mass is 553 g/mol. The lowest BCUT2D eigenvalue weighted by Gasteiger charge is -2.15. The molecule has 0 aromatic heterocycles. The zero-order valence-corrected chi connectivity index (χ0v) is 26.4. The number of unbranched alkanes of at least 4 members (excludes halogenated alkanes) is 22. The first kappa shape index (κ1) is 38.1. The van der Waals surface area contributed by atoms with Crippen LogP contribution >= 0.6 is 0 Å². The van der Waals surface area contributed by atoms with Gasteiger partial charge in [-0.25, -0.2) is 0 Å². The fraction of sp³-hybridized carbons (Fsp3) is 0.914. The molecule has 1 N–H and O–H groups in total. The topological polar surface area (TPSA) is 55.8 Å². The van der Waals surface area contributed by atoms with Crippen LogP contribution in [-0.2, 0) is 14.3 Å². The molecule has 0 saturated heterocycles. The Balaban J connectivity index is 3.41. The Kier molecular flexibility index (Phi) is 32.6. The maximum atomic E-state index is 12.1. The van der Waals surface area contributed by atoms with Crippen molar-refractivity contribution in [2.75, 3.05) is 19.8 Å². The van der Waals surface area contributed by atoms with E-state index in [1.165, 1.54) is 141 Å². The van der Waals surface area contributed by atoms with E-state index in [9.17, 15) is 9.90 Å². The lowest BCUT2D eigenvalue weighted by atomic mass is 10.0. The minimum Gasteiger partial charge on any atom is -0.457 e. The van der Waals surface area contributed by atoms with Gasteiger partial charge in [0.15, 0.2) is 0 Å². The van der Waals surface area contributed by atoms with Gasteiger partial charge in [0.05, 0.1) is 13.2 Å². The Morgan fingerprint density at radius 3 is 1.51 bits per heavy atom. The molecule has 0 heterocycles. The number of hydrogen-bond acceptors (Lipinski definition) is 4. The van der Waals surface area contributed by atoms with Crippen molar-refractivity contribution in [1.82, 2.24) is 0 Å². The molecule has 0 radical (unpaired) electrons. The van der Waals surface area contributed by atoms with E-state index in [-0.39, 0.29) is 12.6 Å². The Morgan fingerprint density at radius 2 is 1.00 bits per heavy atom. The van der Waals surface area contributed by atoms with Crippen LogP contribution in [0.15, 0.2) is 12.2 Å². The third kappa shape index (κ3) is 31.5. The third-order valence-electron chi connectivity index (χ3n) is 7.59. The molecule has 1 unspecified atom stereocenters. The van der Waals surface area contributed by atoms with E-state index < -0.39 is 6.10 Å². The van der Waals surface area contributed by atoms with Gasteiger partial charge in [-0.05, 0) is 38.5 Å². The SMILES string of the molecule is CCCCC/C=C\CCCCCCCC(=O)OC(CO)COCCCCCCCCCCCCCCCCC. The minimum absolute atomic E-state index is 0.170. The summed E-state index contributed by atoms with van der Waals surface area (Å²) in [7, 11) is 0. The first-order valence-corrected chi connectivity index (χ1v) is 17.3. The van der Waals surface area contributed by atoms with E-state index in [4.69, 9.17) is 9.47 Å². The zero-order chi connectivity index (χ0) is 28.5. The normalized spacial score (nSPS) is 12.4. The van der Waals surface area contributed by atoms with Crippen LogP contribution in [-0.4, -0.2) is 37.0 Å². The minimum atomic E-state index is -0.530. The molecule has 4 nitrogen and oxygen atoms in total. The van der Waals surface area contributed by atoms with Gasteiger partial charge < -0.3 is 14.6 Å². The molecule has 0 amide bonds. The second kappa shape index (κ2) is 33.3. The Labute approximate surface area is 244 Å². The Bertz CT molecular complexity index is 505. The summed E-state index contributed by atoms with van der Waals surface area (Å²) in [5, 5.41) is 9.52. The number of esters is 1. The van der Waals surface area contributed by atoms with Crippen LogP contribution in [0, 0.1) is 0 Å². The van der Waals surface area contributed by atoms with Gasteiger partial charge in [-0.1, -0.05) is 148 Å². The number of aliphatic hydroxyl groups is 1. The van der Waals surface area contributed by atoms with E-state index in [0.717, 1.165) is 19.3 Å². The molecule has 0 fully saturated rings. The molecule has 0 aliphatic heterocycles. The van der Waals surface area contributed by atoms with Crippen molar-refractivity contribution in [1.29, 1.82) is 0 Å². The van der Waals surface area contributed by atoms with Gasteiger partial charge in [0, 0.05) is 13.0 Å². The van der Waals surface area contributed by atoms with Crippen LogP contribution in [0.1, 0.15) is 181 Å². The number of aliphatic hydroxyl groups excluding tert-OH is 1. The second-order valence-electron chi connectivity index (χ2n) is 11.6. The third-order valence-corrected chi connectivity index (χ3v) is 7.59. The van der Waals surface area contributed by atoms with Gasteiger partial charge in [0.25, 0.3) is 0 Å². The zero-order valence-electron chi connectivity index (χ0n) is 26.4. The summed E-state index contributed by atoms with van der Waals surface area (Å²) in [6.07, 6.45) is 36.7. The lowest BCUT2D eigenvalue weighted by molar-refractivity contribution is -0.154. The standard InChI is InChI=1S/C35H68O4/c1-3-5-7-9-11-13-15-17-18-19-21-23-25-27-29-31-38-33-34(32-36)39-35(37)30-28-26-24-22-20-16-14-12-10-8-6-4-2/h12,14,34,36H,3-11,13,15-33H2,1-2H3/b14-12-. The van der Waals surface area contributed by atoms with Crippen molar-refractivity contribution in [3.8, 4) is 0 Å². The number of carbonyl (C=O) groups is 1. The van der Waals surface area contributed by atoms with Crippen LogP contribution in [0.2, 0.25) is 0 Å². The molecule has 0 aromatic carbocycles. The molecule has 0 bridgehead atoms. The van der Waals surface area contributed by atoms with Crippen molar-refractivity contribution in [3.05, 3.63) is 12.2 Å². The number of carbonyl (C=O) groups excluding carboxylic acids is 1. The summed E-state index contributed by atoms with van der Waals surface area (Å²) in [4.78, 5) is 12.1. The first-order valence-electron chi connectivity index (χ1n) is 17.3. The van der Waals surface area contributed by atoms with E-state index >= 15 is 0 Å². The maximum absolute atomic E-state index is 12.1. The van der Waals surface area contributed by atoms with Crippen molar-refractivity contribution < 1.29 is 19.4 Å². The molecule has 0 aliphatic rings. The number of allylic oxidation sites excluding steroid dienone is 2. The summed E-state index contributed by atoms with van der Waals surface area (Å²) >= 11 is 0. The van der Waals surface area contributed by atoms with Crippen molar-refractivity contribution in [2.24, 2.45) is 0 Å². The molecule has 0 aliphatic carbocycles. The number of rotatable bonds is 32. The fourth-order valence-electron chi connectivity index (χ4n) is 4.97. The highest BCUT2D eigenvalue weighted by atomic mass is 16.6. The fourth-order valence-corrected chi connectivity index (χ4v) is 4.97. The van der Waals surface area contributed by atoms with Gasteiger partial charge in [0.1, 0.15) is 6.10 Å². The van der Waals surface area contributed by atoms with Gasteiger partial charge in [0.2, 0.25) is 0 Å². The molecule has 0 spiro atoms. The predicted molar refractivity (Wildman–Crippen MR) is 168 cm³/mol. The van der Waals surface area contributed by atoms with Crippen LogP contribution in [0.4, 0.5) is 0 Å². The summed E-state index contributed by atoms with van der Waals surface area (Å²) in [5.41, 5.74) is 0. The molecule has 0 saturated carbocycles. The van der Waals surface area contributed by atoms with E-state index in [0.29, 0.717) is 19.6 Å². The van der Waals surface area contributed by atoms with Gasteiger partial charge in [-0.2, -0.15) is 0 Å². The largest absolute Gasteiger partial charge is 0.457 e. The lowest BCUT2D eigenvalue weighted by Crippen LogP contribution is -2.27. The molecule has 232 valence electrons. The Hall–Kier alpha value is -0.870. The van der Waals surface area contributed by atoms with E-state index in [1.807, 2.05) is 0 Å². The first-order chi connectivity index (χ1) is 19.2. The van der Waals surface area contributed by atoms with Gasteiger partial charge >= 0.3 is 5.97 Å². The van der Waals surface area contributed by atoms with Crippen LogP contribution in [0.3, 0.4) is 0 Å². The van der Waals surface area contributed by atoms with Gasteiger partial charge in [-0.3, -0.25) is 4.79 Å². The van der Waals surface area contributed by atoms with Crippen LogP contribution in [0.5, 0.6) is 0 Å². The highest BCUT2D eigenvalue weighted by molar-refractivity contribution is 5.69. The van der Waals surface area contributed by atoms with Crippen molar-refractivity contribution in [3.63, 3.8) is 0 Å². The predicted octanol–water partition coefficient (Wildman–Crippen LogP) is 10.6. The summed E-state index contributed by atoms with van der Waals surface area (Å²) < 4.78 is 11.1. The molecule has 1 atom stereocenters. The van der Waals surface area contributed by atoms with Crippen molar-refractivity contribution in [2.45, 2.75) is 187 Å². The average molecular weight is 553 g/mol. The van der Waals surface area contributed by atoms with Crippen LogP contribution < -0.4 is 0 Å². The van der Waals surface area contributed by atoms with Gasteiger partial charge in [-0.15, -0.1) is 0 Å². The van der Waals surface area contributed by atoms with E-state index in [2.05, 4.69) is 26.0 Å². The maximum Gasteiger partial charge on any atom is 0.306 e. The van der Waals surface area contributed by atoms with Crippen LogP contribution in [0.25, 0.3) is 0 Å². The summed E-state index contributed by atoms with van der Waals surface area (Å²) in [6.45, 7) is 5.33. The molecule has 39 heavy (non-hydrogen) atoms. The highest BCUT2D eigenvalue weighted by Crippen LogP contribution is 2.14. The quantitative estimate of drug-likeness (QED) is 0.0512. The summed E-state index contributed by atoms with van der Waals surface area (Å²) in [5.74, 6) is -0.209. The number of hydrogen-bond donors (Lipinski definition) is 1. The molecule has 0 aromatic rings. The molecule has 0 rings (SSSR count). The Morgan fingerprint density at radius 1 is 0.590 bits per heavy atom. The average Bonchev–Trinajstić information content (AvgIpc) is 2.94. The molecule has 4 heteroatoms. The molecular weight excluding hydrogens is 484 g/mol.